The highest BCUT2D eigenvalue weighted by molar-refractivity contribution is 5.64. The van der Waals surface area contributed by atoms with Crippen LogP contribution >= 0.6 is 0 Å². The maximum atomic E-state index is 5.52. The first-order valence-electron chi connectivity index (χ1n) is 7.16. The lowest BCUT2D eigenvalue weighted by atomic mass is 9.99. The van der Waals surface area contributed by atoms with Crippen molar-refractivity contribution in [3.8, 4) is 5.75 Å². The van der Waals surface area contributed by atoms with Gasteiger partial charge in [-0.3, -0.25) is 0 Å². The van der Waals surface area contributed by atoms with Gasteiger partial charge < -0.3 is 19.7 Å². The zero-order chi connectivity index (χ0) is 14.4. The van der Waals surface area contributed by atoms with E-state index < -0.39 is 0 Å². The van der Waals surface area contributed by atoms with E-state index in [4.69, 9.17) is 9.47 Å². The highest BCUT2D eigenvalue weighted by atomic mass is 16.5. The third kappa shape index (κ3) is 3.30. The van der Waals surface area contributed by atoms with Crippen LogP contribution in [-0.2, 0) is 4.74 Å². The van der Waals surface area contributed by atoms with Gasteiger partial charge in [0.25, 0.3) is 0 Å². The summed E-state index contributed by atoms with van der Waals surface area (Å²) in [6.45, 7) is 5.59. The molecule has 0 aromatic carbocycles. The molecule has 1 atom stereocenters. The summed E-state index contributed by atoms with van der Waals surface area (Å²) in [5.74, 6) is 2.91. The van der Waals surface area contributed by atoms with Crippen LogP contribution in [0, 0.1) is 5.92 Å². The van der Waals surface area contributed by atoms with Crippen molar-refractivity contribution in [1.29, 1.82) is 0 Å². The van der Waals surface area contributed by atoms with Gasteiger partial charge in [-0.1, -0.05) is 0 Å². The van der Waals surface area contributed by atoms with Crippen molar-refractivity contribution < 1.29 is 9.47 Å². The van der Waals surface area contributed by atoms with Crippen molar-refractivity contribution in [2.75, 3.05) is 50.7 Å². The molecule has 0 aliphatic carbocycles. The number of anilines is 2. The smallest absolute Gasteiger partial charge is 0.204 e. The molecule has 0 saturated carbocycles. The Balaban J connectivity index is 2.20. The molecule has 0 amide bonds. The number of hydrogen-bond donors (Lipinski definition) is 1. The van der Waals surface area contributed by atoms with Gasteiger partial charge in [-0.2, -0.15) is 0 Å². The van der Waals surface area contributed by atoms with Crippen LogP contribution in [0.15, 0.2) is 6.33 Å². The molecule has 2 rings (SSSR count). The normalized spacial score (nSPS) is 18.9. The van der Waals surface area contributed by atoms with E-state index in [2.05, 4.69) is 20.2 Å². The minimum Gasteiger partial charge on any atom is -0.490 e. The predicted octanol–water partition coefficient (Wildman–Crippen LogP) is 1.78. The molecule has 0 bridgehead atoms. The largest absolute Gasteiger partial charge is 0.490 e. The first-order chi connectivity index (χ1) is 9.80. The lowest BCUT2D eigenvalue weighted by Crippen LogP contribution is -2.38. The van der Waals surface area contributed by atoms with Crippen LogP contribution in [-0.4, -0.2) is 50.4 Å². The molecule has 1 aliphatic heterocycles. The number of nitrogens with zero attached hydrogens (tertiary/aromatic N) is 3. The maximum Gasteiger partial charge on any atom is 0.204 e. The van der Waals surface area contributed by atoms with E-state index in [1.807, 2.05) is 6.92 Å². The van der Waals surface area contributed by atoms with Gasteiger partial charge in [0.05, 0.1) is 13.7 Å². The summed E-state index contributed by atoms with van der Waals surface area (Å²) in [6.07, 6.45) is 3.95. The number of hydrogen-bond acceptors (Lipinski definition) is 6. The fourth-order valence-corrected chi connectivity index (χ4v) is 2.70. The van der Waals surface area contributed by atoms with Crippen LogP contribution in [0.3, 0.4) is 0 Å². The van der Waals surface area contributed by atoms with Crippen molar-refractivity contribution in [2.45, 2.75) is 19.8 Å². The molecule has 1 aromatic heterocycles. The molecule has 1 saturated heterocycles. The van der Waals surface area contributed by atoms with Gasteiger partial charge in [0.2, 0.25) is 5.75 Å². The topological polar surface area (TPSA) is 59.5 Å². The van der Waals surface area contributed by atoms with E-state index in [0.29, 0.717) is 5.92 Å². The van der Waals surface area contributed by atoms with E-state index in [0.717, 1.165) is 50.0 Å². The van der Waals surface area contributed by atoms with Gasteiger partial charge in [0.1, 0.15) is 6.33 Å². The summed E-state index contributed by atoms with van der Waals surface area (Å²) in [7, 11) is 3.42. The molecular formula is C14H24N4O2. The van der Waals surface area contributed by atoms with E-state index in [1.54, 1.807) is 20.5 Å². The quantitative estimate of drug-likeness (QED) is 0.857. The van der Waals surface area contributed by atoms with Crippen LogP contribution in [0.4, 0.5) is 11.6 Å². The van der Waals surface area contributed by atoms with E-state index in [-0.39, 0.29) is 0 Å². The Morgan fingerprint density at radius 3 is 2.95 bits per heavy atom. The summed E-state index contributed by atoms with van der Waals surface area (Å²) in [5, 5.41) is 3.22. The number of ether oxygens (including phenoxy) is 2. The number of rotatable bonds is 6. The Morgan fingerprint density at radius 1 is 1.40 bits per heavy atom. The molecule has 1 unspecified atom stereocenters. The molecule has 6 nitrogen and oxygen atoms in total. The second-order valence-electron chi connectivity index (χ2n) is 5.02. The minimum absolute atomic E-state index is 0.552. The summed E-state index contributed by atoms with van der Waals surface area (Å²) in [5.41, 5.74) is 0. The molecule has 6 heteroatoms. The Labute approximate surface area is 120 Å². The van der Waals surface area contributed by atoms with E-state index in [1.165, 1.54) is 6.42 Å². The third-order valence-corrected chi connectivity index (χ3v) is 3.55. The molecule has 2 heterocycles. The maximum absolute atomic E-state index is 5.52. The van der Waals surface area contributed by atoms with Gasteiger partial charge in [-0.15, -0.1) is 0 Å². The highest BCUT2D eigenvalue weighted by Gasteiger charge is 2.24. The van der Waals surface area contributed by atoms with Crippen molar-refractivity contribution in [2.24, 2.45) is 5.92 Å². The van der Waals surface area contributed by atoms with E-state index >= 15 is 0 Å². The first-order valence-corrected chi connectivity index (χ1v) is 7.16. The zero-order valence-corrected chi connectivity index (χ0v) is 12.6. The number of piperidine rings is 1. The van der Waals surface area contributed by atoms with Crippen LogP contribution < -0.4 is 15.0 Å². The molecule has 1 aliphatic rings. The standard InChI is InChI=1S/C14H24N4O2/c1-4-15-13-12(20-3)14(17-10-16-13)18-7-5-6-11(8-18)9-19-2/h10-11H,4-9H2,1-3H3,(H,15,16,17). The van der Waals surface area contributed by atoms with Crippen LogP contribution in [0.5, 0.6) is 5.75 Å². The molecule has 1 aromatic rings. The Kier molecular flexibility index (Phi) is 5.40. The summed E-state index contributed by atoms with van der Waals surface area (Å²) >= 11 is 0. The molecule has 1 fully saturated rings. The van der Waals surface area contributed by atoms with Gasteiger partial charge in [-0.05, 0) is 25.7 Å². The third-order valence-electron chi connectivity index (χ3n) is 3.55. The van der Waals surface area contributed by atoms with Crippen molar-refractivity contribution in [1.82, 2.24) is 9.97 Å². The number of aromatic nitrogens is 2. The summed E-state index contributed by atoms with van der Waals surface area (Å²) < 4.78 is 10.8. The Bertz CT molecular complexity index is 426. The van der Waals surface area contributed by atoms with Crippen LogP contribution in [0.1, 0.15) is 19.8 Å². The Hall–Kier alpha value is -1.56. The molecular weight excluding hydrogens is 256 g/mol. The monoisotopic (exact) mass is 280 g/mol. The van der Waals surface area contributed by atoms with Crippen LogP contribution in [0.2, 0.25) is 0 Å². The zero-order valence-electron chi connectivity index (χ0n) is 12.6. The lowest BCUT2D eigenvalue weighted by molar-refractivity contribution is 0.143. The second kappa shape index (κ2) is 7.28. The molecule has 0 radical (unpaired) electrons. The second-order valence-corrected chi connectivity index (χ2v) is 5.02. The lowest BCUT2D eigenvalue weighted by Gasteiger charge is -2.34. The fourth-order valence-electron chi connectivity index (χ4n) is 2.70. The van der Waals surface area contributed by atoms with Gasteiger partial charge in [0, 0.05) is 26.7 Å². The average Bonchev–Trinajstić information content (AvgIpc) is 2.48. The molecule has 1 N–H and O–H groups in total. The molecule has 0 spiro atoms. The highest BCUT2D eigenvalue weighted by Crippen LogP contribution is 2.34. The van der Waals surface area contributed by atoms with Crippen LogP contribution in [0.25, 0.3) is 0 Å². The first kappa shape index (κ1) is 14.8. The van der Waals surface area contributed by atoms with Crippen molar-refractivity contribution in [3.63, 3.8) is 0 Å². The Morgan fingerprint density at radius 2 is 2.25 bits per heavy atom. The van der Waals surface area contributed by atoms with Crippen molar-refractivity contribution >= 4 is 11.6 Å². The summed E-state index contributed by atoms with van der Waals surface area (Å²) in [4.78, 5) is 10.9. The fraction of sp³-hybridized carbons (Fsp3) is 0.714. The predicted molar refractivity (Wildman–Crippen MR) is 79.6 cm³/mol. The van der Waals surface area contributed by atoms with Gasteiger partial charge >= 0.3 is 0 Å². The van der Waals surface area contributed by atoms with Crippen molar-refractivity contribution in [3.05, 3.63) is 6.33 Å². The number of methoxy groups -OCH3 is 2. The summed E-state index contributed by atoms with van der Waals surface area (Å²) in [6, 6.07) is 0. The van der Waals surface area contributed by atoms with Gasteiger partial charge in [0.15, 0.2) is 11.6 Å². The minimum atomic E-state index is 0.552. The molecule has 20 heavy (non-hydrogen) atoms. The van der Waals surface area contributed by atoms with Gasteiger partial charge in [-0.25, -0.2) is 9.97 Å². The molecule has 112 valence electrons. The SMILES string of the molecule is CCNc1ncnc(N2CCCC(COC)C2)c1OC. The van der Waals surface area contributed by atoms with E-state index in [9.17, 15) is 0 Å². The number of nitrogens with one attached hydrogen (secondary N) is 1. The average molecular weight is 280 g/mol.